The summed E-state index contributed by atoms with van der Waals surface area (Å²) in [6.45, 7) is 0.200. The van der Waals surface area contributed by atoms with Gasteiger partial charge in [0.2, 0.25) is 0 Å². The summed E-state index contributed by atoms with van der Waals surface area (Å²) < 4.78 is 42.5. The standard InChI is InChI=1S/C12H13BrF3NO2/c1-3-17(7-12(14,15)16)11(18)9-6-8(19-2)4-5-10(9)13/h4-6H,3,7H2,1-2H3. The minimum Gasteiger partial charge on any atom is -0.497 e. The van der Waals surface area contributed by atoms with Crippen LogP contribution in [0.2, 0.25) is 0 Å². The number of methoxy groups -OCH3 is 1. The van der Waals surface area contributed by atoms with Gasteiger partial charge in [0, 0.05) is 11.0 Å². The van der Waals surface area contributed by atoms with Crippen LogP contribution in [-0.2, 0) is 0 Å². The van der Waals surface area contributed by atoms with Crippen molar-refractivity contribution in [3.63, 3.8) is 0 Å². The zero-order chi connectivity index (χ0) is 14.6. The van der Waals surface area contributed by atoms with E-state index in [0.29, 0.717) is 10.2 Å². The van der Waals surface area contributed by atoms with Crippen LogP contribution in [0.5, 0.6) is 5.75 Å². The molecule has 1 amide bonds. The molecule has 19 heavy (non-hydrogen) atoms. The summed E-state index contributed by atoms with van der Waals surface area (Å²) in [5, 5.41) is 0. The number of benzene rings is 1. The molecule has 0 saturated heterocycles. The number of ether oxygens (including phenoxy) is 1. The Kier molecular flexibility index (Phi) is 5.22. The zero-order valence-corrected chi connectivity index (χ0v) is 12.0. The van der Waals surface area contributed by atoms with Gasteiger partial charge in [0.1, 0.15) is 12.3 Å². The lowest BCUT2D eigenvalue weighted by molar-refractivity contribution is -0.140. The third kappa shape index (κ3) is 4.41. The molecule has 0 bridgehead atoms. The Hall–Kier alpha value is -1.24. The molecule has 0 aliphatic carbocycles. The molecule has 0 aromatic heterocycles. The van der Waals surface area contributed by atoms with Gasteiger partial charge in [-0.2, -0.15) is 13.2 Å². The van der Waals surface area contributed by atoms with Crippen molar-refractivity contribution in [1.82, 2.24) is 4.90 Å². The van der Waals surface area contributed by atoms with E-state index in [1.54, 1.807) is 12.1 Å². The predicted molar refractivity (Wildman–Crippen MR) is 68.3 cm³/mol. The van der Waals surface area contributed by atoms with Crippen molar-refractivity contribution in [2.75, 3.05) is 20.2 Å². The van der Waals surface area contributed by atoms with Crippen LogP contribution < -0.4 is 4.74 Å². The van der Waals surface area contributed by atoms with Gasteiger partial charge >= 0.3 is 6.18 Å². The molecule has 1 aromatic carbocycles. The quantitative estimate of drug-likeness (QED) is 0.840. The summed E-state index contributed by atoms with van der Waals surface area (Å²) in [4.78, 5) is 12.8. The lowest BCUT2D eigenvalue weighted by Crippen LogP contribution is -2.38. The number of amides is 1. The van der Waals surface area contributed by atoms with Crippen molar-refractivity contribution in [3.05, 3.63) is 28.2 Å². The first-order chi connectivity index (χ1) is 8.78. The van der Waals surface area contributed by atoms with Crippen molar-refractivity contribution in [3.8, 4) is 5.75 Å². The highest BCUT2D eigenvalue weighted by Gasteiger charge is 2.33. The van der Waals surface area contributed by atoms with Gasteiger partial charge in [0.05, 0.1) is 12.7 Å². The summed E-state index contributed by atoms with van der Waals surface area (Å²) in [5.41, 5.74) is 0.144. The van der Waals surface area contributed by atoms with E-state index in [-0.39, 0.29) is 12.1 Å². The highest BCUT2D eigenvalue weighted by molar-refractivity contribution is 9.10. The molecule has 1 rings (SSSR count). The van der Waals surface area contributed by atoms with Gasteiger partial charge in [-0.3, -0.25) is 4.79 Å². The summed E-state index contributed by atoms with van der Waals surface area (Å²) >= 11 is 3.15. The maximum Gasteiger partial charge on any atom is 0.406 e. The first-order valence-corrected chi connectivity index (χ1v) is 6.27. The highest BCUT2D eigenvalue weighted by Crippen LogP contribution is 2.25. The van der Waals surface area contributed by atoms with Crippen molar-refractivity contribution < 1.29 is 22.7 Å². The van der Waals surface area contributed by atoms with Crippen LogP contribution in [-0.4, -0.2) is 37.2 Å². The predicted octanol–water partition coefficient (Wildman–Crippen LogP) is 3.48. The van der Waals surface area contributed by atoms with Gasteiger partial charge in [0.15, 0.2) is 0 Å². The molecule has 3 nitrogen and oxygen atoms in total. The van der Waals surface area contributed by atoms with Crippen LogP contribution >= 0.6 is 15.9 Å². The molecule has 0 unspecified atom stereocenters. The fraction of sp³-hybridized carbons (Fsp3) is 0.417. The molecular formula is C12H13BrF3NO2. The molecule has 0 heterocycles. The van der Waals surface area contributed by atoms with Crippen molar-refractivity contribution >= 4 is 21.8 Å². The van der Waals surface area contributed by atoms with Crippen LogP contribution in [0.3, 0.4) is 0 Å². The summed E-state index contributed by atoms with van der Waals surface area (Å²) in [7, 11) is 1.42. The molecule has 1 aromatic rings. The number of carbonyl (C=O) groups is 1. The van der Waals surface area contributed by atoms with E-state index in [4.69, 9.17) is 4.74 Å². The Morgan fingerprint density at radius 1 is 1.42 bits per heavy atom. The van der Waals surface area contributed by atoms with Crippen LogP contribution in [0.4, 0.5) is 13.2 Å². The minimum atomic E-state index is -4.42. The lowest BCUT2D eigenvalue weighted by atomic mass is 10.2. The monoisotopic (exact) mass is 339 g/mol. The van der Waals surface area contributed by atoms with Crippen molar-refractivity contribution in [1.29, 1.82) is 0 Å². The third-order valence-corrected chi connectivity index (χ3v) is 3.13. The Morgan fingerprint density at radius 3 is 2.53 bits per heavy atom. The number of rotatable bonds is 4. The fourth-order valence-corrected chi connectivity index (χ4v) is 1.93. The van der Waals surface area contributed by atoms with E-state index in [1.807, 2.05) is 0 Å². The van der Waals surface area contributed by atoms with Gasteiger partial charge in [0.25, 0.3) is 5.91 Å². The number of halogens is 4. The maximum atomic E-state index is 12.4. The van der Waals surface area contributed by atoms with Crippen molar-refractivity contribution in [2.45, 2.75) is 13.1 Å². The van der Waals surface area contributed by atoms with Gasteiger partial charge in [-0.25, -0.2) is 0 Å². The molecule has 0 atom stereocenters. The van der Waals surface area contributed by atoms with Gasteiger partial charge < -0.3 is 9.64 Å². The number of hydrogen-bond donors (Lipinski definition) is 0. The zero-order valence-electron chi connectivity index (χ0n) is 10.4. The lowest BCUT2D eigenvalue weighted by Gasteiger charge is -2.23. The summed E-state index contributed by atoms with van der Waals surface area (Å²) in [6, 6.07) is 4.58. The Morgan fingerprint density at radius 2 is 2.05 bits per heavy atom. The van der Waals surface area contributed by atoms with E-state index in [2.05, 4.69) is 15.9 Å². The Bertz CT molecular complexity index is 463. The molecule has 0 aliphatic heterocycles. The second-order valence-corrected chi connectivity index (χ2v) is 4.63. The fourth-order valence-electron chi connectivity index (χ4n) is 1.51. The second kappa shape index (κ2) is 6.27. The van der Waals surface area contributed by atoms with E-state index in [1.165, 1.54) is 20.1 Å². The van der Waals surface area contributed by atoms with E-state index in [0.717, 1.165) is 4.90 Å². The molecule has 0 spiro atoms. The molecule has 0 N–H and O–H groups in total. The average molecular weight is 340 g/mol. The van der Waals surface area contributed by atoms with E-state index >= 15 is 0 Å². The molecule has 7 heteroatoms. The Balaban J connectivity index is 3.03. The van der Waals surface area contributed by atoms with E-state index < -0.39 is 18.6 Å². The summed E-state index contributed by atoms with van der Waals surface area (Å²) in [6.07, 6.45) is -4.42. The normalized spacial score (nSPS) is 11.3. The molecule has 0 radical (unpaired) electrons. The van der Waals surface area contributed by atoms with Gasteiger partial charge in [-0.1, -0.05) is 0 Å². The number of carbonyl (C=O) groups excluding carboxylic acids is 1. The molecule has 0 fully saturated rings. The van der Waals surface area contributed by atoms with Crippen molar-refractivity contribution in [2.24, 2.45) is 0 Å². The molecule has 0 aliphatic rings. The van der Waals surface area contributed by atoms with E-state index in [9.17, 15) is 18.0 Å². The summed E-state index contributed by atoms with van der Waals surface area (Å²) in [5.74, 6) is -0.278. The average Bonchev–Trinajstić information content (AvgIpc) is 2.34. The number of hydrogen-bond acceptors (Lipinski definition) is 2. The van der Waals surface area contributed by atoms with Gasteiger partial charge in [-0.05, 0) is 41.1 Å². The van der Waals surface area contributed by atoms with Crippen LogP contribution in [0.25, 0.3) is 0 Å². The molecule has 0 saturated carbocycles. The van der Waals surface area contributed by atoms with Crippen LogP contribution in [0, 0.1) is 0 Å². The Labute approximate surface area is 117 Å². The SMILES string of the molecule is CCN(CC(F)(F)F)C(=O)c1cc(OC)ccc1Br. The molecule has 106 valence electrons. The van der Waals surface area contributed by atoms with Crippen LogP contribution in [0.15, 0.2) is 22.7 Å². The smallest absolute Gasteiger partial charge is 0.406 e. The third-order valence-electron chi connectivity index (χ3n) is 2.44. The first-order valence-electron chi connectivity index (χ1n) is 5.48. The number of nitrogens with zero attached hydrogens (tertiary/aromatic N) is 1. The topological polar surface area (TPSA) is 29.5 Å². The largest absolute Gasteiger partial charge is 0.497 e. The first kappa shape index (κ1) is 15.8. The second-order valence-electron chi connectivity index (χ2n) is 3.78. The molecular weight excluding hydrogens is 327 g/mol. The van der Waals surface area contributed by atoms with Gasteiger partial charge in [-0.15, -0.1) is 0 Å². The minimum absolute atomic E-state index is 0.0258. The highest BCUT2D eigenvalue weighted by atomic mass is 79.9. The maximum absolute atomic E-state index is 12.4. The number of alkyl halides is 3. The van der Waals surface area contributed by atoms with Crippen LogP contribution in [0.1, 0.15) is 17.3 Å².